The summed E-state index contributed by atoms with van der Waals surface area (Å²) in [5, 5.41) is 2.37. The first-order valence-electron chi connectivity index (χ1n) is 11.4. The summed E-state index contributed by atoms with van der Waals surface area (Å²) in [5.74, 6) is -0.474. The van der Waals surface area contributed by atoms with Gasteiger partial charge in [-0.15, -0.1) is 0 Å². The van der Waals surface area contributed by atoms with E-state index in [1.54, 1.807) is 4.90 Å². The summed E-state index contributed by atoms with van der Waals surface area (Å²) in [5.41, 5.74) is 0.0249. The Morgan fingerprint density at radius 1 is 0.971 bits per heavy atom. The average molecular weight is 477 g/mol. The Balaban J connectivity index is 1.48. The Labute approximate surface area is 198 Å². The Hall–Kier alpha value is -2.91. The molecule has 1 heterocycles. The molecule has 0 unspecified atom stereocenters. The van der Waals surface area contributed by atoms with Crippen LogP contribution in [0.15, 0.2) is 54.6 Å². The van der Waals surface area contributed by atoms with Crippen molar-refractivity contribution in [3.8, 4) is 0 Å². The predicted octanol–water partition coefficient (Wildman–Crippen LogP) is 3.70. The van der Waals surface area contributed by atoms with Crippen molar-refractivity contribution in [2.24, 2.45) is 0 Å². The van der Waals surface area contributed by atoms with Crippen molar-refractivity contribution in [3.05, 3.63) is 65.7 Å². The molecule has 1 fully saturated rings. The molecule has 0 atom stereocenters. The minimum Gasteiger partial charge on any atom is -0.339 e. The van der Waals surface area contributed by atoms with Crippen LogP contribution in [0.1, 0.15) is 25.0 Å². The van der Waals surface area contributed by atoms with Crippen LogP contribution in [0.3, 0.4) is 0 Å². The number of nitrogens with zero attached hydrogens (tertiary/aromatic N) is 3. The molecule has 0 saturated carbocycles. The van der Waals surface area contributed by atoms with Gasteiger partial charge in [0.15, 0.2) is 0 Å². The molecule has 9 heteroatoms. The standard InChI is InChI=1S/C25H31F3N4O2/c1-19(2)32(16-20-8-4-3-5-9-20)18-24(34)31-14-12-30(13-15-31)17-23(33)29-22-11-7-6-10-21(22)25(26,27)28/h3-11,19H,12-18H2,1-2H3,(H,29,33). The van der Waals surface area contributed by atoms with Crippen LogP contribution >= 0.6 is 0 Å². The van der Waals surface area contributed by atoms with Crippen LogP contribution in [0.2, 0.25) is 0 Å². The normalized spacial score (nSPS) is 15.1. The highest BCUT2D eigenvalue weighted by molar-refractivity contribution is 5.93. The van der Waals surface area contributed by atoms with Crippen molar-refractivity contribution < 1.29 is 22.8 Å². The molecule has 34 heavy (non-hydrogen) atoms. The largest absolute Gasteiger partial charge is 0.418 e. The first-order valence-corrected chi connectivity index (χ1v) is 11.4. The van der Waals surface area contributed by atoms with Gasteiger partial charge in [0.1, 0.15) is 0 Å². The van der Waals surface area contributed by atoms with E-state index in [1.165, 1.54) is 18.2 Å². The quantitative estimate of drug-likeness (QED) is 0.632. The first-order chi connectivity index (χ1) is 16.1. The van der Waals surface area contributed by atoms with Gasteiger partial charge >= 0.3 is 6.18 Å². The molecule has 0 aliphatic carbocycles. The first kappa shape index (κ1) is 25.7. The van der Waals surface area contributed by atoms with Gasteiger partial charge in [-0.05, 0) is 31.5 Å². The number of hydrogen-bond acceptors (Lipinski definition) is 4. The maximum atomic E-state index is 13.1. The van der Waals surface area contributed by atoms with E-state index < -0.39 is 17.6 Å². The minimum absolute atomic E-state index is 0.0274. The van der Waals surface area contributed by atoms with Crippen LogP contribution in [0, 0.1) is 0 Å². The number of benzene rings is 2. The van der Waals surface area contributed by atoms with Crippen molar-refractivity contribution >= 4 is 17.5 Å². The Morgan fingerprint density at radius 3 is 2.21 bits per heavy atom. The summed E-state index contributed by atoms with van der Waals surface area (Å²) < 4.78 is 39.4. The number of carbonyl (C=O) groups excluding carboxylic acids is 2. The number of para-hydroxylation sites is 1. The molecule has 184 valence electrons. The fourth-order valence-corrected chi connectivity index (χ4v) is 3.90. The molecule has 0 spiro atoms. The summed E-state index contributed by atoms with van der Waals surface area (Å²) in [6.45, 7) is 7.00. The van der Waals surface area contributed by atoms with Gasteiger partial charge in [0, 0.05) is 38.8 Å². The SMILES string of the molecule is CC(C)N(CC(=O)N1CCN(CC(=O)Nc2ccccc2C(F)(F)F)CC1)Cc1ccccc1. The number of rotatable bonds is 8. The monoisotopic (exact) mass is 476 g/mol. The summed E-state index contributed by atoms with van der Waals surface area (Å²) in [6, 6.07) is 15.1. The van der Waals surface area contributed by atoms with E-state index >= 15 is 0 Å². The molecule has 0 bridgehead atoms. The molecular weight excluding hydrogens is 445 g/mol. The second kappa shape index (κ2) is 11.5. The van der Waals surface area contributed by atoms with Gasteiger partial charge in [-0.25, -0.2) is 0 Å². The summed E-state index contributed by atoms with van der Waals surface area (Å²) in [7, 11) is 0. The van der Waals surface area contributed by atoms with Crippen LogP contribution in [-0.2, 0) is 22.3 Å². The van der Waals surface area contributed by atoms with Crippen LogP contribution in [0.25, 0.3) is 0 Å². The molecule has 2 aromatic rings. The molecule has 1 saturated heterocycles. The van der Waals surface area contributed by atoms with Gasteiger partial charge in [0.2, 0.25) is 11.8 Å². The average Bonchev–Trinajstić information content (AvgIpc) is 2.79. The Kier molecular flexibility index (Phi) is 8.68. The highest BCUT2D eigenvalue weighted by Gasteiger charge is 2.33. The number of piperazine rings is 1. The van der Waals surface area contributed by atoms with E-state index in [4.69, 9.17) is 0 Å². The zero-order chi connectivity index (χ0) is 24.7. The zero-order valence-electron chi connectivity index (χ0n) is 19.5. The van der Waals surface area contributed by atoms with Crippen molar-refractivity contribution in [3.63, 3.8) is 0 Å². The van der Waals surface area contributed by atoms with E-state index in [2.05, 4.69) is 24.1 Å². The fraction of sp³-hybridized carbons (Fsp3) is 0.440. The molecule has 2 amide bonds. The molecule has 1 aliphatic rings. The highest BCUT2D eigenvalue weighted by atomic mass is 19.4. The zero-order valence-corrected chi connectivity index (χ0v) is 19.5. The number of nitrogens with one attached hydrogen (secondary N) is 1. The van der Waals surface area contributed by atoms with E-state index in [0.29, 0.717) is 39.3 Å². The third-order valence-electron chi connectivity index (χ3n) is 5.90. The molecule has 3 rings (SSSR count). The van der Waals surface area contributed by atoms with Gasteiger partial charge in [0.05, 0.1) is 24.3 Å². The van der Waals surface area contributed by atoms with Crippen molar-refractivity contribution in [1.82, 2.24) is 14.7 Å². The summed E-state index contributed by atoms with van der Waals surface area (Å²) in [6.07, 6.45) is -4.54. The smallest absolute Gasteiger partial charge is 0.339 e. The molecule has 2 aromatic carbocycles. The number of anilines is 1. The van der Waals surface area contributed by atoms with Gasteiger partial charge in [-0.2, -0.15) is 13.2 Å². The number of halogens is 3. The van der Waals surface area contributed by atoms with Gasteiger partial charge in [-0.3, -0.25) is 19.4 Å². The van der Waals surface area contributed by atoms with Gasteiger partial charge in [-0.1, -0.05) is 42.5 Å². The van der Waals surface area contributed by atoms with Crippen molar-refractivity contribution in [1.29, 1.82) is 0 Å². The lowest BCUT2D eigenvalue weighted by Gasteiger charge is -2.36. The molecule has 6 nitrogen and oxygen atoms in total. The lowest BCUT2D eigenvalue weighted by Crippen LogP contribution is -2.52. The second-order valence-electron chi connectivity index (χ2n) is 8.73. The Morgan fingerprint density at radius 2 is 1.59 bits per heavy atom. The molecule has 1 aliphatic heterocycles. The lowest BCUT2D eigenvalue weighted by atomic mass is 10.1. The van der Waals surface area contributed by atoms with Crippen LogP contribution in [0.4, 0.5) is 18.9 Å². The van der Waals surface area contributed by atoms with E-state index in [9.17, 15) is 22.8 Å². The molecule has 1 N–H and O–H groups in total. The summed E-state index contributed by atoms with van der Waals surface area (Å²) >= 11 is 0. The molecule has 0 radical (unpaired) electrons. The second-order valence-corrected chi connectivity index (χ2v) is 8.73. The van der Waals surface area contributed by atoms with Crippen molar-refractivity contribution in [2.45, 2.75) is 32.6 Å². The van der Waals surface area contributed by atoms with E-state index in [0.717, 1.165) is 11.6 Å². The predicted molar refractivity (Wildman–Crippen MR) is 125 cm³/mol. The Bertz CT molecular complexity index is 958. The van der Waals surface area contributed by atoms with E-state index in [-0.39, 0.29) is 24.2 Å². The molecule has 0 aromatic heterocycles. The number of amides is 2. The third-order valence-corrected chi connectivity index (χ3v) is 5.90. The van der Waals surface area contributed by atoms with Crippen LogP contribution in [-0.4, -0.2) is 71.8 Å². The molecular formula is C25H31F3N4O2. The van der Waals surface area contributed by atoms with Gasteiger partial charge in [0.25, 0.3) is 0 Å². The van der Waals surface area contributed by atoms with Crippen LogP contribution in [0.5, 0.6) is 0 Å². The number of alkyl halides is 3. The van der Waals surface area contributed by atoms with E-state index in [1.807, 2.05) is 35.2 Å². The summed E-state index contributed by atoms with van der Waals surface area (Å²) in [4.78, 5) is 31.0. The maximum absolute atomic E-state index is 13.1. The minimum atomic E-state index is -4.54. The fourth-order valence-electron chi connectivity index (χ4n) is 3.90. The maximum Gasteiger partial charge on any atom is 0.418 e. The number of hydrogen-bond donors (Lipinski definition) is 1. The third kappa shape index (κ3) is 7.30. The topological polar surface area (TPSA) is 55.9 Å². The number of carbonyl (C=O) groups is 2. The highest BCUT2D eigenvalue weighted by Crippen LogP contribution is 2.34. The van der Waals surface area contributed by atoms with Gasteiger partial charge < -0.3 is 10.2 Å². The lowest BCUT2D eigenvalue weighted by molar-refractivity contribution is -0.137. The van der Waals surface area contributed by atoms with Crippen molar-refractivity contribution in [2.75, 3.05) is 44.6 Å². The van der Waals surface area contributed by atoms with Crippen LogP contribution < -0.4 is 5.32 Å².